The highest BCUT2D eigenvalue weighted by molar-refractivity contribution is 9.10. The van der Waals surface area contributed by atoms with Crippen LogP contribution in [0.5, 0.6) is 0 Å². The third-order valence-corrected chi connectivity index (χ3v) is 3.90. The normalized spacial score (nSPS) is 11.9. The molecule has 0 aliphatic rings. The van der Waals surface area contributed by atoms with E-state index >= 15 is 0 Å². The maximum atomic E-state index is 14.3. The smallest absolute Gasteiger partial charge is 0.302 e. The second-order valence-corrected chi connectivity index (χ2v) is 5.66. The molecule has 10 heteroatoms. The van der Waals surface area contributed by atoms with E-state index in [2.05, 4.69) is 30.9 Å². The summed E-state index contributed by atoms with van der Waals surface area (Å²) >= 11 is 2.71. The number of aromatic nitrogens is 4. The lowest BCUT2D eigenvalue weighted by Gasteiger charge is -2.10. The quantitative estimate of drug-likeness (QED) is 0.462. The topological polar surface area (TPSA) is 60.7 Å². The van der Waals surface area contributed by atoms with Gasteiger partial charge in [-0.2, -0.15) is 13.2 Å². The summed E-state index contributed by atoms with van der Waals surface area (Å²) < 4.78 is 53.1. The molecule has 0 spiro atoms. The Hall–Kier alpha value is -2.36. The van der Waals surface area contributed by atoms with Gasteiger partial charge in [-0.1, -0.05) is 0 Å². The van der Waals surface area contributed by atoms with E-state index in [0.717, 1.165) is 6.07 Å². The summed E-state index contributed by atoms with van der Waals surface area (Å²) in [6, 6.07) is 2.19. The van der Waals surface area contributed by atoms with E-state index < -0.39 is 27.7 Å². The van der Waals surface area contributed by atoms with Crippen molar-refractivity contribution >= 4 is 26.8 Å². The van der Waals surface area contributed by atoms with Gasteiger partial charge in [-0.15, -0.1) is 0 Å². The monoisotopic (exact) mass is 402 g/mol. The number of aryl methyl sites for hydroxylation is 1. The van der Waals surface area contributed by atoms with Crippen LogP contribution in [0.15, 0.2) is 34.1 Å². The number of alkyl halides is 3. The van der Waals surface area contributed by atoms with Crippen LogP contribution in [-0.4, -0.2) is 19.5 Å². The molecule has 0 bridgehead atoms. The number of benzene rings is 1. The first kappa shape index (κ1) is 16.5. The Morgan fingerprint density at radius 1 is 1.21 bits per heavy atom. The minimum atomic E-state index is -4.63. The molecule has 24 heavy (non-hydrogen) atoms. The lowest BCUT2D eigenvalue weighted by molar-refractivity contribution is -0.138. The largest absolute Gasteiger partial charge is 0.420 e. The van der Waals surface area contributed by atoms with Gasteiger partial charge in [-0.3, -0.25) is 4.79 Å². The molecule has 0 aliphatic carbocycles. The van der Waals surface area contributed by atoms with Crippen LogP contribution in [-0.2, 0) is 13.2 Å². The average Bonchev–Trinajstić information content (AvgIpc) is 2.50. The summed E-state index contributed by atoms with van der Waals surface area (Å²) in [5.41, 5.74) is -1.48. The van der Waals surface area contributed by atoms with Crippen molar-refractivity contribution in [3.8, 4) is 11.4 Å². The predicted molar refractivity (Wildman–Crippen MR) is 80.7 cm³/mol. The molecule has 0 saturated carbocycles. The van der Waals surface area contributed by atoms with E-state index in [4.69, 9.17) is 0 Å². The molecule has 2 aromatic heterocycles. The molecular formula is C14H7BrF4N4O. The van der Waals surface area contributed by atoms with Gasteiger partial charge >= 0.3 is 6.18 Å². The van der Waals surface area contributed by atoms with Gasteiger partial charge in [0, 0.05) is 13.2 Å². The number of rotatable bonds is 1. The van der Waals surface area contributed by atoms with Crippen molar-refractivity contribution in [2.75, 3.05) is 0 Å². The molecule has 0 amide bonds. The minimum absolute atomic E-state index is 0.0484. The van der Waals surface area contributed by atoms with Gasteiger partial charge in [-0.05, 0) is 28.1 Å². The van der Waals surface area contributed by atoms with E-state index in [1.807, 2.05) is 0 Å². The first-order valence-electron chi connectivity index (χ1n) is 6.43. The van der Waals surface area contributed by atoms with Crippen LogP contribution in [0.2, 0.25) is 0 Å². The molecule has 0 atom stereocenters. The maximum Gasteiger partial charge on any atom is 0.420 e. The molecule has 124 valence electrons. The molecule has 0 saturated heterocycles. The summed E-state index contributed by atoms with van der Waals surface area (Å²) in [5, 5.41) is 0.0484. The Morgan fingerprint density at radius 2 is 1.92 bits per heavy atom. The van der Waals surface area contributed by atoms with E-state index in [1.165, 1.54) is 24.0 Å². The molecule has 3 rings (SSSR count). The van der Waals surface area contributed by atoms with Gasteiger partial charge in [0.25, 0.3) is 5.56 Å². The Bertz CT molecular complexity index is 1020. The van der Waals surface area contributed by atoms with Crippen LogP contribution >= 0.6 is 15.9 Å². The van der Waals surface area contributed by atoms with Crippen molar-refractivity contribution in [2.24, 2.45) is 7.05 Å². The molecule has 0 unspecified atom stereocenters. The zero-order valence-corrected chi connectivity index (χ0v) is 13.5. The van der Waals surface area contributed by atoms with Gasteiger partial charge in [0.1, 0.15) is 16.0 Å². The highest BCUT2D eigenvalue weighted by Crippen LogP contribution is 2.34. The minimum Gasteiger partial charge on any atom is -0.302 e. The zero-order chi connectivity index (χ0) is 17.6. The molecule has 0 radical (unpaired) electrons. The van der Waals surface area contributed by atoms with Crippen LogP contribution < -0.4 is 5.56 Å². The zero-order valence-electron chi connectivity index (χ0n) is 11.9. The number of hydrogen-bond acceptors (Lipinski definition) is 4. The van der Waals surface area contributed by atoms with Crippen molar-refractivity contribution in [3.63, 3.8) is 0 Å². The Balaban J connectivity index is 2.20. The van der Waals surface area contributed by atoms with Crippen LogP contribution in [0, 0.1) is 5.82 Å². The fourth-order valence-electron chi connectivity index (χ4n) is 2.08. The average molecular weight is 403 g/mol. The molecule has 3 aromatic rings. The fourth-order valence-corrected chi connectivity index (χ4v) is 2.58. The van der Waals surface area contributed by atoms with Crippen molar-refractivity contribution in [1.82, 2.24) is 19.5 Å². The lowest BCUT2D eigenvalue weighted by Crippen LogP contribution is -2.17. The summed E-state index contributed by atoms with van der Waals surface area (Å²) in [6.45, 7) is 0. The third kappa shape index (κ3) is 2.77. The number of halogens is 5. The van der Waals surface area contributed by atoms with Crippen molar-refractivity contribution < 1.29 is 17.6 Å². The molecule has 0 aliphatic heterocycles. The van der Waals surface area contributed by atoms with Gasteiger partial charge in [0.05, 0.1) is 22.8 Å². The van der Waals surface area contributed by atoms with Gasteiger partial charge < -0.3 is 4.57 Å². The molecule has 2 heterocycles. The summed E-state index contributed by atoms with van der Waals surface area (Å²) in [5.74, 6) is -1.09. The molecule has 0 fully saturated rings. The van der Waals surface area contributed by atoms with Crippen molar-refractivity contribution in [3.05, 3.63) is 51.0 Å². The highest BCUT2D eigenvalue weighted by Gasteiger charge is 2.34. The van der Waals surface area contributed by atoms with E-state index in [0.29, 0.717) is 6.20 Å². The van der Waals surface area contributed by atoms with E-state index in [-0.39, 0.29) is 22.3 Å². The SMILES string of the molecule is Cn1cnc2cc(-c3ncc(C(F)(F)F)c(Br)n3)c(F)cc2c1=O. The van der Waals surface area contributed by atoms with E-state index in [9.17, 15) is 22.4 Å². The first-order valence-corrected chi connectivity index (χ1v) is 7.23. The Labute approximate surface area is 140 Å². The Morgan fingerprint density at radius 3 is 2.54 bits per heavy atom. The Kier molecular flexibility index (Phi) is 3.86. The van der Waals surface area contributed by atoms with Gasteiger partial charge in [0.15, 0.2) is 5.82 Å². The number of fused-ring (bicyclic) bond motifs is 1. The van der Waals surface area contributed by atoms with Crippen LogP contribution in [0.1, 0.15) is 5.56 Å². The van der Waals surface area contributed by atoms with Crippen LogP contribution in [0.25, 0.3) is 22.3 Å². The summed E-state index contributed by atoms with van der Waals surface area (Å²) in [4.78, 5) is 23.2. The predicted octanol–water partition coefficient (Wildman–Crippen LogP) is 3.31. The van der Waals surface area contributed by atoms with Crippen LogP contribution in [0.4, 0.5) is 17.6 Å². The standard InChI is InChI=1S/C14H7BrF4N4O/c1-23-5-21-10-3-6(9(16)2-7(10)13(23)24)12-20-4-8(11(15)22-12)14(17,18)19/h2-5H,1H3. The second kappa shape index (κ2) is 5.62. The maximum absolute atomic E-state index is 14.3. The van der Waals surface area contributed by atoms with Crippen LogP contribution in [0.3, 0.4) is 0 Å². The number of nitrogens with zero attached hydrogens (tertiary/aromatic N) is 4. The van der Waals surface area contributed by atoms with Crippen molar-refractivity contribution in [1.29, 1.82) is 0 Å². The lowest BCUT2D eigenvalue weighted by atomic mass is 10.1. The first-order chi connectivity index (χ1) is 11.2. The number of hydrogen-bond donors (Lipinski definition) is 0. The van der Waals surface area contributed by atoms with Gasteiger partial charge in [0.2, 0.25) is 0 Å². The second-order valence-electron chi connectivity index (χ2n) is 4.91. The van der Waals surface area contributed by atoms with Gasteiger partial charge in [-0.25, -0.2) is 19.3 Å². The molecular weight excluding hydrogens is 396 g/mol. The highest BCUT2D eigenvalue weighted by atomic mass is 79.9. The summed E-state index contributed by atoms with van der Waals surface area (Å²) in [7, 11) is 1.47. The van der Waals surface area contributed by atoms with E-state index in [1.54, 1.807) is 0 Å². The fraction of sp³-hybridized carbons (Fsp3) is 0.143. The molecule has 5 nitrogen and oxygen atoms in total. The summed E-state index contributed by atoms with van der Waals surface area (Å²) in [6.07, 6.45) is -2.81. The molecule has 0 N–H and O–H groups in total. The molecule has 1 aromatic carbocycles. The third-order valence-electron chi connectivity index (χ3n) is 3.29. The van der Waals surface area contributed by atoms with Crippen molar-refractivity contribution in [2.45, 2.75) is 6.18 Å².